The Bertz CT molecular complexity index is 401. The molecule has 1 rings (SSSR count). The van der Waals surface area contributed by atoms with Gasteiger partial charge in [0.2, 0.25) is 0 Å². The molecule has 0 aliphatic heterocycles. The molecule has 5 nitrogen and oxygen atoms in total. The Morgan fingerprint density at radius 3 is 2.72 bits per heavy atom. The van der Waals surface area contributed by atoms with Crippen molar-refractivity contribution >= 4 is 12.1 Å². The van der Waals surface area contributed by atoms with Crippen LogP contribution in [0.2, 0.25) is 0 Å². The Morgan fingerprint density at radius 1 is 1.50 bits per heavy atom. The molecular formula is C13H18N2O3. The summed E-state index contributed by atoms with van der Waals surface area (Å²) in [6, 6.07) is 6.97. The van der Waals surface area contributed by atoms with Crippen molar-refractivity contribution in [3.63, 3.8) is 0 Å². The van der Waals surface area contributed by atoms with E-state index in [1.165, 1.54) is 7.11 Å². The van der Waals surface area contributed by atoms with Crippen LogP contribution in [0.15, 0.2) is 29.4 Å². The third kappa shape index (κ3) is 4.55. The number of amides is 1. The van der Waals surface area contributed by atoms with E-state index in [4.69, 9.17) is 5.11 Å². The van der Waals surface area contributed by atoms with Gasteiger partial charge in [0.05, 0.1) is 6.21 Å². The van der Waals surface area contributed by atoms with E-state index >= 15 is 0 Å². The predicted molar refractivity (Wildman–Crippen MR) is 69.7 cm³/mol. The molecule has 1 aromatic carbocycles. The molecule has 0 spiro atoms. The number of hydrogen-bond acceptors (Lipinski definition) is 4. The number of hydrogen-bond donors (Lipinski definition) is 2. The minimum Gasteiger partial charge on any atom is -0.399 e. The zero-order chi connectivity index (χ0) is 13.4. The summed E-state index contributed by atoms with van der Waals surface area (Å²) in [4.78, 5) is 16.4. The van der Waals surface area contributed by atoms with Gasteiger partial charge in [0.25, 0.3) is 5.91 Å². The second kappa shape index (κ2) is 7.45. The van der Waals surface area contributed by atoms with E-state index in [-0.39, 0.29) is 18.6 Å². The fourth-order valence-corrected chi connectivity index (χ4v) is 1.41. The van der Waals surface area contributed by atoms with Gasteiger partial charge in [-0.15, -0.1) is 0 Å². The average Bonchev–Trinajstić information content (AvgIpc) is 2.37. The standard InChI is InChI=1S/C13H18N2O3/c1-10(7-8-16)15-13(17)12-5-3-11(4-6-12)9-14-18-2/h3-6,9-10,16H,7-8H2,1-2H3,(H,15,17)/b14-9+. The molecule has 5 heteroatoms. The highest BCUT2D eigenvalue weighted by Crippen LogP contribution is 2.03. The van der Waals surface area contributed by atoms with Gasteiger partial charge in [-0.2, -0.15) is 0 Å². The number of carbonyl (C=O) groups excluding carboxylic acids is 1. The van der Waals surface area contributed by atoms with Crippen molar-refractivity contribution in [1.29, 1.82) is 0 Å². The normalized spacial score (nSPS) is 12.4. The molecule has 0 fully saturated rings. The summed E-state index contributed by atoms with van der Waals surface area (Å²) in [6.45, 7) is 1.92. The lowest BCUT2D eigenvalue weighted by molar-refractivity contribution is 0.0934. The first-order valence-electron chi connectivity index (χ1n) is 5.75. The van der Waals surface area contributed by atoms with Gasteiger partial charge in [-0.3, -0.25) is 4.79 Å². The molecule has 0 aliphatic rings. The Labute approximate surface area is 106 Å². The fourth-order valence-electron chi connectivity index (χ4n) is 1.41. The number of carbonyl (C=O) groups is 1. The highest BCUT2D eigenvalue weighted by Gasteiger charge is 2.08. The molecule has 1 atom stereocenters. The molecule has 1 amide bonds. The van der Waals surface area contributed by atoms with Gasteiger partial charge in [-0.05, 0) is 31.0 Å². The van der Waals surface area contributed by atoms with Gasteiger partial charge in [0.15, 0.2) is 0 Å². The molecule has 0 bridgehead atoms. The van der Waals surface area contributed by atoms with Crippen LogP contribution in [0.4, 0.5) is 0 Å². The van der Waals surface area contributed by atoms with Gasteiger partial charge in [-0.25, -0.2) is 0 Å². The van der Waals surface area contributed by atoms with Crippen LogP contribution >= 0.6 is 0 Å². The van der Waals surface area contributed by atoms with E-state index in [0.29, 0.717) is 12.0 Å². The first-order chi connectivity index (χ1) is 8.67. The van der Waals surface area contributed by atoms with E-state index in [2.05, 4.69) is 15.3 Å². The molecule has 1 aromatic rings. The van der Waals surface area contributed by atoms with Crippen molar-refractivity contribution in [2.45, 2.75) is 19.4 Å². The highest BCUT2D eigenvalue weighted by molar-refractivity contribution is 5.95. The smallest absolute Gasteiger partial charge is 0.251 e. The zero-order valence-electron chi connectivity index (χ0n) is 10.6. The SMILES string of the molecule is CO/N=C/c1ccc(C(=O)NC(C)CCO)cc1. The second-order valence-corrected chi connectivity index (χ2v) is 3.93. The molecular weight excluding hydrogens is 232 g/mol. The van der Waals surface area contributed by atoms with Gasteiger partial charge in [0, 0.05) is 18.2 Å². The third-order valence-electron chi connectivity index (χ3n) is 2.42. The number of nitrogens with zero attached hydrogens (tertiary/aromatic N) is 1. The summed E-state index contributed by atoms with van der Waals surface area (Å²) < 4.78 is 0. The lowest BCUT2D eigenvalue weighted by Crippen LogP contribution is -2.33. The highest BCUT2D eigenvalue weighted by atomic mass is 16.6. The van der Waals surface area contributed by atoms with Gasteiger partial charge in [0.1, 0.15) is 7.11 Å². The number of rotatable bonds is 6. The molecule has 0 heterocycles. The van der Waals surface area contributed by atoms with Crippen molar-refractivity contribution in [2.24, 2.45) is 5.16 Å². The summed E-state index contributed by atoms with van der Waals surface area (Å²) in [7, 11) is 1.47. The summed E-state index contributed by atoms with van der Waals surface area (Å²) in [5.41, 5.74) is 1.44. The van der Waals surface area contributed by atoms with Crippen molar-refractivity contribution in [3.05, 3.63) is 35.4 Å². The molecule has 1 unspecified atom stereocenters. The molecule has 18 heavy (non-hydrogen) atoms. The predicted octanol–water partition coefficient (Wildman–Crippen LogP) is 1.17. The minimum absolute atomic E-state index is 0.0442. The lowest BCUT2D eigenvalue weighted by atomic mass is 10.1. The average molecular weight is 250 g/mol. The fraction of sp³-hybridized carbons (Fsp3) is 0.385. The second-order valence-electron chi connectivity index (χ2n) is 3.93. The maximum absolute atomic E-state index is 11.8. The van der Waals surface area contributed by atoms with Crippen molar-refractivity contribution in [2.75, 3.05) is 13.7 Å². The Morgan fingerprint density at radius 2 is 2.17 bits per heavy atom. The number of benzene rings is 1. The Hall–Kier alpha value is -1.88. The molecule has 0 saturated carbocycles. The van der Waals surface area contributed by atoms with Crippen molar-refractivity contribution in [3.8, 4) is 0 Å². The van der Waals surface area contributed by atoms with E-state index in [1.54, 1.807) is 30.5 Å². The van der Waals surface area contributed by atoms with E-state index in [0.717, 1.165) is 5.56 Å². The van der Waals surface area contributed by atoms with Crippen LogP contribution in [-0.4, -0.2) is 37.0 Å². The summed E-state index contributed by atoms with van der Waals surface area (Å²) >= 11 is 0. The quantitative estimate of drug-likeness (QED) is 0.588. The topological polar surface area (TPSA) is 70.9 Å². The van der Waals surface area contributed by atoms with Crippen LogP contribution in [0, 0.1) is 0 Å². The van der Waals surface area contributed by atoms with E-state index < -0.39 is 0 Å². The third-order valence-corrected chi connectivity index (χ3v) is 2.42. The minimum atomic E-state index is -0.147. The van der Waals surface area contributed by atoms with Crippen molar-refractivity contribution < 1.29 is 14.7 Å². The molecule has 2 N–H and O–H groups in total. The molecule has 0 aliphatic carbocycles. The van der Waals surface area contributed by atoms with Gasteiger partial charge < -0.3 is 15.3 Å². The maximum atomic E-state index is 11.8. The Kier molecular flexibility index (Phi) is 5.87. The largest absolute Gasteiger partial charge is 0.399 e. The van der Waals surface area contributed by atoms with Crippen LogP contribution in [0.3, 0.4) is 0 Å². The lowest BCUT2D eigenvalue weighted by Gasteiger charge is -2.12. The zero-order valence-corrected chi connectivity index (χ0v) is 10.6. The first-order valence-corrected chi connectivity index (χ1v) is 5.75. The van der Waals surface area contributed by atoms with Crippen molar-refractivity contribution in [1.82, 2.24) is 5.32 Å². The summed E-state index contributed by atoms with van der Waals surface area (Å²) in [5, 5.41) is 15.2. The summed E-state index contributed by atoms with van der Waals surface area (Å²) in [6.07, 6.45) is 2.11. The van der Waals surface area contributed by atoms with Crippen LogP contribution < -0.4 is 5.32 Å². The van der Waals surface area contributed by atoms with Crippen LogP contribution in [0.25, 0.3) is 0 Å². The number of aliphatic hydroxyl groups is 1. The molecule has 0 saturated heterocycles. The molecule has 0 aromatic heterocycles. The molecule has 98 valence electrons. The number of aliphatic hydroxyl groups excluding tert-OH is 1. The molecule has 0 radical (unpaired) electrons. The maximum Gasteiger partial charge on any atom is 0.251 e. The van der Waals surface area contributed by atoms with Crippen LogP contribution in [-0.2, 0) is 4.84 Å². The monoisotopic (exact) mass is 250 g/mol. The van der Waals surface area contributed by atoms with Gasteiger partial charge in [-0.1, -0.05) is 17.3 Å². The summed E-state index contributed by atoms with van der Waals surface area (Å²) in [5.74, 6) is -0.147. The van der Waals surface area contributed by atoms with E-state index in [1.807, 2.05) is 6.92 Å². The number of nitrogens with one attached hydrogen (secondary N) is 1. The first kappa shape index (κ1) is 14.2. The van der Waals surface area contributed by atoms with E-state index in [9.17, 15) is 4.79 Å². The van der Waals surface area contributed by atoms with Gasteiger partial charge >= 0.3 is 0 Å². The van der Waals surface area contributed by atoms with Crippen LogP contribution in [0.1, 0.15) is 29.3 Å². The van der Waals surface area contributed by atoms with Crippen LogP contribution in [0.5, 0.6) is 0 Å². The Balaban J connectivity index is 2.61. The number of oxime groups is 1.